The van der Waals surface area contributed by atoms with Crippen LogP contribution in [0.5, 0.6) is 0 Å². The van der Waals surface area contributed by atoms with Crippen LogP contribution in [0.2, 0.25) is 0 Å². The Bertz CT molecular complexity index is 1490. The molecule has 42 heavy (non-hydrogen) atoms. The minimum Gasteiger partial charge on any atom is -0.445 e. The molecule has 3 heterocycles. The van der Waals surface area contributed by atoms with Crippen molar-refractivity contribution in [1.29, 1.82) is 0 Å². The first-order chi connectivity index (χ1) is 20.5. The van der Waals surface area contributed by atoms with Crippen molar-refractivity contribution in [3.05, 3.63) is 112 Å². The number of hydrogen-bond donors (Lipinski definition) is 1. The standard InChI is InChI=1S/C33H33FN4O4/c34-29-12-6-4-10-26(29)28-18-31(35-33(40)42-22-25-8-2-1-3-9-25)38(41)37(30-13-7-5-11-27(28)30)21-32(39)36-19-23-14-15-24(20-36)17-16-23/h1-13,18,23-24,31H,14-17,19-22H2/p+1. The molecule has 3 aliphatic heterocycles. The number of nitrogens with zero attached hydrogens (tertiary/aromatic N) is 3. The average molecular weight is 570 g/mol. The van der Waals surface area contributed by atoms with Gasteiger partial charge in [-0.25, -0.2) is 9.18 Å². The lowest BCUT2D eigenvalue weighted by Gasteiger charge is -2.25. The Morgan fingerprint density at radius 1 is 0.857 bits per heavy atom. The van der Waals surface area contributed by atoms with E-state index in [1.165, 1.54) is 17.2 Å². The van der Waals surface area contributed by atoms with Gasteiger partial charge in [0.25, 0.3) is 0 Å². The number of halogens is 1. The molecular weight excluding hydrogens is 535 g/mol. The number of ether oxygens (including phenoxy) is 1. The molecular formula is C33H34FN4O4+. The van der Waals surface area contributed by atoms with E-state index in [1.807, 2.05) is 35.2 Å². The number of nitroso groups, excluding NO2 is 1. The van der Waals surface area contributed by atoms with Crippen LogP contribution in [-0.2, 0) is 16.1 Å². The molecule has 4 aliphatic rings. The summed E-state index contributed by atoms with van der Waals surface area (Å²) in [6.45, 7) is 1.18. The lowest BCUT2D eigenvalue weighted by atomic mass is 9.84. The van der Waals surface area contributed by atoms with Crippen LogP contribution in [0.1, 0.15) is 42.4 Å². The van der Waals surface area contributed by atoms with Gasteiger partial charge in [0.2, 0.25) is 5.91 Å². The second kappa shape index (κ2) is 12.1. The Morgan fingerprint density at radius 2 is 1.48 bits per heavy atom. The Morgan fingerprint density at radius 3 is 2.17 bits per heavy atom. The molecule has 0 aromatic heterocycles. The van der Waals surface area contributed by atoms with Crippen LogP contribution in [0, 0.1) is 22.6 Å². The van der Waals surface area contributed by atoms with Gasteiger partial charge in [0.05, 0.1) is 4.91 Å². The third-order valence-electron chi connectivity index (χ3n) is 8.48. The van der Waals surface area contributed by atoms with Gasteiger partial charge in [-0.15, -0.1) is 0 Å². The highest BCUT2D eigenvalue weighted by Crippen LogP contribution is 2.37. The zero-order chi connectivity index (χ0) is 29.1. The molecule has 1 aliphatic carbocycles. The van der Waals surface area contributed by atoms with E-state index in [2.05, 4.69) is 5.32 Å². The second-order valence-corrected chi connectivity index (χ2v) is 11.3. The van der Waals surface area contributed by atoms with Crippen molar-refractivity contribution in [2.24, 2.45) is 11.8 Å². The minimum absolute atomic E-state index is 0.0157. The molecule has 0 spiro atoms. The van der Waals surface area contributed by atoms with E-state index in [0.29, 0.717) is 46.6 Å². The van der Waals surface area contributed by atoms with Crippen molar-refractivity contribution >= 4 is 23.3 Å². The number of amides is 2. The predicted molar refractivity (Wildman–Crippen MR) is 156 cm³/mol. The maximum atomic E-state index is 15.1. The Hall–Kier alpha value is -4.53. The van der Waals surface area contributed by atoms with Crippen LogP contribution in [0.25, 0.3) is 5.57 Å². The van der Waals surface area contributed by atoms with E-state index >= 15 is 4.39 Å². The van der Waals surface area contributed by atoms with E-state index < -0.39 is 18.1 Å². The summed E-state index contributed by atoms with van der Waals surface area (Å²) in [6.07, 6.45) is 3.94. The molecule has 216 valence electrons. The van der Waals surface area contributed by atoms with Crippen molar-refractivity contribution < 1.29 is 23.6 Å². The largest absolute Gasteiger partial charge is 0.445 e. The van der Waals surface area contributed by atoms with Crippen molar-refractivity contribution in [3.8, 4) is 0 Å². The SMILES string of the molecule is O=C(NC1C=C(c2ccccc2F)c2ccccc2N(CC(=O)N2CC3CCC(CC3)C2)[N+]1=O)OCc1ccccc1. The first-order valence-corrected chi connectivity index (χ1v) is 14.5. The van der Waals surface area contributed by atoms with Gasteiger partial charge in [-0.3, -0.25) is 10.1 Å². The summed E-state index contributed by atoms with van der Waals surface area (Å²) in [5.41, 5.74) is 2.53. The third kappa shape index (κ3) is 5.91. The number of carbonyl (C=O) groups excluding carboxylic acids is 2. The first kappa shape index (κ1) is 27.6. The highest BCUT2D eigenvalue weighted by atomic mass is 19.1. The fourth-order valence-corrected chi connectivity index (χ4v) is 6.27. The molecule has 2 bridgehead atoms. The maximum Gasteiger partial charge on any atom is 0.412 e. The number of carbonyl (C=O) groups is 2. The smallest absolute Gasteiger partial charge is 0.412 e. The second-order valence-electron chi connectivity index (χ2n) is 11.3. The zero-order valence-electron chi connectivity index (χ0n) is 23.3. The van der Waals surface area contributed by atoms with E-state index in [-0.39, 0.29) is 24.6 Å². The molecule has 3 aromatic carbocycles. The molecule has 3 aromatic rings. The van der Waals surface area contributed by atoms with E-state index in [4.69, 9.17) is 4.74 Å². The van der Waals surface area contributed by atoms with Crippen molar-refractivity contribution in [1.82, 2.24) is 10.2 Å². The van der Waals surface area contributed by atoms with E-state index in [1.54, 1.807) is 42.5 Å². The monoisotopic (exact) mass is 569 g/mol. The fourth-order valence-electron chi connectivity index (χ4n) is 6.27. The number of hydrogen-bond acceptors (Lipinski definition) is 4. The summed E-state index contributed by atoms with van der Waals surface area (Å²) < 4.78 is 20.5. The molecule has 2 amide bonds. The van der Waals surface area contributed by atoms with Crippen LogP contribution < -0.4 is 10.3 Å². The Labute approximate surface area is 244 Å². The predicted octanol–water partition coefficient (Wildman–Crippen LogP) is 5.67. The third-order valence-corrected chi connectivity index (χ3v) is 8.48. The first-order valence-electron chi connectivity index (χ1n) is 14.5. The summed E-state index contributed by atoms with van der Waals surface area (Å²) in [5.74, 6) is 0.348. The van der Waals surface area contributed by atoms with Crippen LogP contribution in [0.15, 0.2) is 84.9 Å². The lowest BCUT2D eigenvalue weighted by Crippen LogP contribution is -2.52. The Kier molecular flexibility index (Phi) is 7.99. The lowest BCUT2D eigenvalue weighted by molar-refractivity contribution is -0.589. The highest BCUT2D eigenvalue weighted by Gasteiger charge is 2.41. The number of benzene rings is 3. The van der Waals surface area contributed by atoms with E-state index in [0.717, 1.165) is 31.2 Å². The number of para-hydroxylation sites is 1. The molecule has 0 radical (unpaired) electrons. The van der Waals surface area contributed by atoms with Gasteiger partial charge in [0, 0.05) is 30.3 Å². The molecule has 8 nitrogen and oxygen atoms in total. The zero-order valence-corrected chi connectivity index (χ0v) is 23.3. The van der Waals surface area contributed by atoms with Crippen molar-refractivity contribution in [2.75, 3.05) is 24.6 Å². The van der Waals surface area contributed by atoms with Crippen LogP contribution in [-0.4, -0.2) is 47.6 Å². The fraction of sp³-hybridized carbons (Fsp3) is 0.333. The van der Waals surface area contributed by atoms with Gasteiger partial charge in [-0.2, -0.15) is 0 Å². The average Bonchev–Trinajstić information content (AvgIpc) is 3.40. The summed E-state index contributed by atoms with van der Waals surface area (Å²) in [4.78, 5) is 43.2. The van der Waals surface area contributed by atoms with Crippen LogP contribution in [0.3, 0.4) is 0 Å². The van der Waals surface area contributed by atoms with Gasteiger partial charge in [0.1, 0.15) is 18.1 Å². The van der Waals surface area contributed by atoms with Crippen molar-refractivity contribution in [3.63, 3.8) is 0 Å². The van der Waals surface area contributed by atoms with E-state index in [9.17, 15) is 14.5 Å². The van der Waals surface area contributed by atoms with Gasteiger partial charge >= 0.3 is 12.3 Å². The number of hydrazine groups is 1. The summed E-state index contributed by atoms with van der Waals surface area (Å²) in [5, 5.41) is 3.98. The molecule has 3 fully saturated rings. The minimum atomic E-state index is -1.27. The number of alkyl carbamates (subject to hydrolysis) is 1. The van der Waals surface area contributed by atoms with Crippen LogP contribution >= 0.6 is 0 Å². The number of rotatable bonds is 6. The quantitative estimate of drug-likeness (QED) is 0.387. The number of nitrogens with one attached hydrogen (secondary N) is 1. The molecule has 1 N–H and O–H groups in total. The van der Waals surface area contributed by atoms with Crippen LogP contribution in [0.4, 0.5) is 14.9 Å². The van der Waals surface area contributed by atoms with Gasteiger partial charge in [0.15, 0.2) is 11.4 Å². The highest BCUT2D eigenvalue weighted by molar-refractivity contribution is 5.89. The molecule has 2 saturated heterocycles. The topological polar surface area (TPSA) is 82.0 Å². The van der Waals surface area contributed by atoms with Gasteiger partial charge < -0.3 is 9.64 Å². The molecule has 9 heteroatoms. The molecule has 1 atom stereocenters. The molecule has 1 unspecified atom stereocenters. The van der Waals surface area contributed by atoms with Gasteiger partial charge in [-0.05, 0) is 60.8 Å². The molecule has 1 saturated carbocycles. The molecule has 7 rings (SSSR count). The summed E-state index contributed by atoms with van der Waals surface area (Å²) in [7, 11) is 0. The number of anilines is 1. The Balaban J connectivity index is 1.32. The van der Waals surface area contributed by atoms with Gasteiger partial charge in [-0.1, -0.05) is 71.7 Å². The number of fused-ring (bicyclic) bond motifs is 5. The maximum absolute atomic E-state index is 15.1. The van der Waals surface area contributed by atoms with Crippen molar-refractivity contribution in [2.45, 2.75) is 38.5 Å². The summed E-state index contributed by atoms with van der Waals surface area (Å²) in [6, 6.07) is 22.6. The summed E-state index contributed by atoms with van der Waals surface area (Å²) >= 11 is 0. The normalized spacial score (nSPS) is 21.6.